The van der Waals surface area contributed by atoms with E-state index in [1.165, 1.54) is 19.3 Å². The minimum Gasteiger partial charge on any atom is -0.468 e. The molecule has 3 rings (SSSR count). The zero-order valence-corrected chi connectivity index (χ0v) is 16.8. The number of furan rings is 1. The van der Waals surface area contributed by atoms with Crippen LogP contribution in [0.4, 0.5) is 4.79 Å². The minimum atomic E-state index is -0.0573. The lowest BCUT2D eigenvalue weighted by atomic mass is 10.1. The van der Waals surface area contributed by atoms with Crippen LogP contribution in [0.2, 0.25) is 0 Å². The van der Waals surface area contributed by atoms with E-state index in [2.05, 4.69) is 26.1 Å². The third-order valence-electron chi connectivity index (χ3n) is 4.52. The van der Waals surface area contributed by atoms with Crippen molar-refractivity contribution in [3.05, 3.63) is 45.0 Å². The van der Waals surface area contributed by atoms with Crippen LogP contribution in [0.15, 0.2) is 38.7 Å². The summed E-state index contributed by atoms with van der Waals surface area (Å²) >= 11 is 5.11. The molecule has 1 aliphatic heterocycles. The van der Waals surface area contributed by atoms with E-state index in [-0.39, 0.29) is 12.1 Å². The predicted molar refractivity (Wildman–Crippen MR) is 104 cm³/mol. The number of halogens is 1. The predicted octanol–water partition coefficient (Wildman–Crippen LogP) is 4.47. The van der Waals surface area contributed by atoms with Gasteiger partial charge in [0, 0.05) is 18.5 Å². The van der Waals surface area contributed by atoms with Crippen LogP contribution in [0.5, 0.6) is 0 Å². The Morgan fingerprint density at radius 1 is 1.36 bits per heavy atom. The second-order valence-corrected chi connectivity index (χ2v) is 8.92. The SMILES string of the molecule is CN(Cc1ccc(Br)s1)C(=O)NCC(c1ccco1)N1CCCCC1. The van der Waals surface area contributed by atoms with Crippen LogP contribution in [0, 0.1) is 0 Å². The summed E-state index contributed by atoms with van der Waals surface area (Å²) in [6.45, 7) is 3.28. The quantitative estimate of drug-likeness (QED) is 0.742. The molecule has 1 N–H and O–H groups in total. The molecule has 2 aromatic rings. The summed E-state index contributed by atoms with van der Waals surface area (Å²) in [5.41, 5.74) is 0. The Balaban J connectivity index is 1.57. The fourth-order valence-corrected chi connectivity index (χ4v) is 4.72. The summed E-state index contributed by atoms with van der Waals surface area (Å²) < 4.78 is 6.71. The first-order valence-electron chi connectivity index (χ1n) is 8.64. The number of nitrogens with zero attached hydrogens (tertiary/aromatic N) is 2. The van der Waals surface area contributed by atoms with Crippen LogP contribution in [0.3, 0.4) is 0 Å². The van der Waals surface area contributed by atoms with E-state index in [1.54, 1.807) is 22.5 Å². The van der Waals surface area contributed by atoms with E-state index in [0.717, 1.165) is 27.5 Å². The number of amides is 2. The monoisotopic (exact) mass is 425 g/mol. The number of likely N-dealkylation sites (tertiary alicyclic amines) is 1. The Hall–Kier alpha value is -1.31. The first-order valence-corrected chi connectivity index (χ1v) is 10.2. The van der Waals surface area contributed by atoms with Crippen molar-refractivity contribution < 1.29 is 9.21 Å². The van der Waals surface area contributed by atoms with Crippen molar-refractivity contribution in [2.45, 2.75) is 31.8 Å². The molecule has 2 amide bonds. The number of carbonyl (C=O) groups is 1. The summed E-state index contributed by atoms with van der Waals surface area (Å²) in [6, 6.07) is 8.00. The van der Waals surface area contributed by atoms with Gasteiger partial charge in [-0.1, -0.05) is 6.42 Å². The average Bonchev–Trinajstić information content (AvgIpc) is 3.28. The molecule has 0 aliphatic carbocycles. The highest BCUT2D eigenvalue weighted by atomic mass is 79.9. The molecule has 7 heteroatoms. The van der Waals surface area contributed by atoms with Gasteiger partial charge in [-0.25, -0.2) is 4.79 Å². The topological polar surface area (TPSA) is 48.7 Å². The van der Waals surface area contributed by atoms with Crippen molar-refractivity contribution in [3.63, 3.8) is 0 Å². The lowest BCUT2D eigenvalue weighted by molar-refractivity contribution is 0.140. The summed E-state index contributed by atoms with van der Waals surface area (Å²) in [5, 5.41) is 3.07. The van der Waals surface area contributed by atoms with E-state index < -0.39 is 0 Å². The van der Waals surface area contributed by atoms with Crippen LogP contribution in [0.25, 0.3) is 0 Å². The van der Waals surface area contributed by atoms with Gasteiger partial charge >= 0.3 is 6.03 Å². The number of hydrogen-bond donors (Lipinski definition) is 1. The highest BCUT2D eigenvalue weighted by Crippen LogP contribution is 2.25. The van der Waals surface area contributed by atoms with Gasteiger partial charge in [0.25, 0.3) is 0 Å². The second kappa shape index (κ2) is 8.87. The largest absolute Gasteiger partial charge is 0.468 e. The molecule has 1 fully saturated rings. The van der Waals surface area contributed by atoms with Crippen LogP contribution in [-0.2, 0) is 6.54 Å². The van der Waals surface area contributed by atoms with Crippen molar-refractivity contribution in [1.29, 1.82) is 0 Å². The number of piperidine rings is 1. The normalized spacial score (nSPS) is 16.6. The molecular formula is C18H24BrN3O2S. The van der Waals surface area contributed by atoms with E-state index >= 15 is 0 Å². The fraction of sp³-hybridized carbons (Fsp3) is 0.500. The van der Waals surface area contributed by atoms with Gasteiger partial charge in [0.2, 0.25) is 0 Å². The molecule has 3 heterocycles. The van der Waals surface area contributed by atoms with Crippen LogP contribution >= 0.6 is 27.3 Å². The highest BCUT2D eigenvalue weighted by molar-refractivity contribution is 9.11. The maximum Gasteiger partial charge on any atom is 0.317 e. The summed E-state index contributed by atoms with van der Waals surface area (Å²) in [4.78, 5) is 17.8. The molecule has 0 radical (unpaired) electrons. The van der Waals surface area contributed by atoms with Crippen molar-refractivity contribution in [2.75, 3.05) is 26.7 Å². The minimum absolute atomic E-state index is 0.0573. The molecule has 0 saturated carbocycles. The molecule has 5 nitrogen and oxygen atoms in total. The number of thiophene rings is 1. The lowest BCUT2D eigenvalue weighted by Crippen LogP contribution is -2.43. The van der Waals surface area contributed by atoms with Gasteiger partial charge in [-0.2, -0.15) is 0 Å². The molecule has 136 valence electrons. The summed E-state index contributed by atoms with van der Waals surface area (Å²) in [5.74, 6) is 0.923. The van der Waals surface area contributed by atoms with Crippen LogP contribution in [-0.4, -0.2) is 42.5 Å². The van der Waals surface area contributed by atoms with Crippen LogP contribution < -0.4 is 5.32 Å². The van der Waals surface area contributed by atoms with Crippen molar-refractivity contribution in [1.82, 2.24) is 15.1 Å². The number of urea groups is 1. The molecule has 1 aliphatic rings. The summed E-state index contributed by atoms with van der Waals surface area (Å²) in [6.07, 6.45) is 5.40. The van der Waals surface area contributed by atoms with Gasteiger partial charge in [-0.15, -0.1) is 11.3 Å². The Kier molecular flexibility index (Phi) is 6.56. The molecule has 0 spiro atoms. The molecular weight excluding hydrogens is 402 g/mol. The van der Waals surface area contributed by atoms with Gasteiger partial charge < -0.3 is 14.6 Å². The van der Waals surface area contributed by atoms with Gasteiger partial charge in [0.1, 0.15) is 5.76 Å². The van der Waals surface area contributed by atoms with Crippen molar-refractivity contribution in [2.24, 2.45) is 0 Å². The van der Waals surface area contributed by atoms with Crippen LogP contribution in [0.1, 0.15) is 35.9 Å². The lowest BCUT2D eigenvalue weighted by Gasteiger charge is -2.33. The Morgan fingerprint density at radius 3 is 2.80 bits per heavy atom. The third kappa shape index (κ3) is 5.09. The molecule has 1 unspecified atom stereocenters. The average molecular weight is 426 g/mol. The second-order valence-electron chi connectivity index (χ2n) is 6.38. The maximum absolute atomic E-state index is 12.5. The van der Waals surface area contributed by atoms with E-state index in [1.807, 2.05) is 31.3 Å². The zero-order chi connectivity index (χ0) is 17.6. The Bertz CT molecular complexity index is 668. The van der Waals surface area contributed by atoms with E-state index in [4.69, 9.17) is 4.42 Å². The number of hydrogen-bond acceptors (Lipinski definition) is 4. The molecule has 1 saturated heterocycles. The van der Waals surface area contributed by atoms with Gasteiger partial charge in [-0.3, -0.25) is 4.90 Å². The first kappa shape index (κ1) is 18.5. The standard InChI is InChI=1S/C18H24BrN3O2S/c1-21(13-14-7-8-17(19)25-14)18(23)20-12-15(16-6-5-11-24-16)22-9-3-2-4-10-22/h5-8,11,15H,2-4,9-10,12-13H2,1H3,(H,20,23). The maximum atomic E-state index is 12.5. The smallest absolute Gasteiger partial charge is 0.317 e. The molecule has 1 atom stereocenters. The Morgan fingerprint density at radius 2 is 2.16 bits per heavy atom. The number of nitrogens with one attached hydrogen (secondary N) is 1. The van der Waals surface area contributed by atoms with Crippen molar-refractivity contribution in [3.8, 4) is 0 Å². The van der Waals surface area contributed by atoms with Gasteiger partial charge in [-0.05, 0) is 66.1 Å². The first-order chi connectivity index (χ1) is 12.1. The van der Waals surface area contributed by atoms with Gasteiger partial charge in [0.15, 0.2) is 0 Å². The molecule has 2 aromatic heterocycles. The highest BCUT2D eigenvalue weighted by Gasteiger charge is 2.25. The van der Waals surface area contributed by atoms with Gasteiger partial charge in [0.05, 0.1) is 22.6 Å². The zero-order valence-electron chi connectivity index (χ0n) is 14.4. The fourth-order valence-electron chi connectivity index (χ4n) is 3.18. The summed E-state index contributed by atoms with van der Waals surface area (Å²) in [7, 11) is 1.83. The Labute approximate surface area is 161 Å². The molecule has 0 aromatic carbocycles. The number of rotatable bonds is 6. The molecule has 0 bridgehead atoms. The van der Waals surface area contributed by atoms with E-state index in [0.29, 0.717) is 13.1 Å². The molecule has 25 heavy (non-hydrogen) atoms. The van der Waals surface area contributed by atoms with Crippen molar-refractivity contribution >= 4 is 33.3 Å². The number of carbonyl (C=O) groups excluding carboxylic acids is 1. The van der Waals surface area contributed by atoms with E-state index in [9.17, 15) is 4.79 Å². The third-order valence-corrected chi connectivity index (χ3v) is 6.13.